The zero-order chi connectivity index (χ0) is 22.7. The molecule has 0 aliphatic carbocycles. The molecule has 1 amide bonds. The average Bonchev–Trinajstić information content (AvgIpc) is 3.23. The molecule has 2 aromatic carbocycles. The lowest BCUT2D eigenvalue weighted by Gasteiger charge is -2.35. The van der Waals surface area contributed by atoms with Crippen molar-refractivity contribution in [2.75, 3.05) is 39.8 Å². The zero-order valence-corrected chi connectivity index (χ0v) is 19.3. The van der Waals surface area contributed by atoms with Gasteiger partial charge in [-0.2, -0.15) is 4.31 Å². The monoisotopic (exact) mass is 455 g/mol. The first-order valence-electron chi connectivity index (χ1n) is 10.8. The Balaban J connectivity index is 1.31. The van der Waals surface area contributed by atoms with Crippen LogP contribution in [-0.2, 0) is 20.6 Å². The second-order valence-electron chi connectivity index (χ2n) is 8.30. The third kappa shape index (κ3) is 5.03. The Morgan fingerprint density at radius 1 is 1.03 bits per heavy atom. The number of para-hydroxylation sites is 1. The van der Waals surface area contributed by atoms with Crippen molar-refractivity contribution in [2.24, 2.45) is 0 Å². The summed E-state index contributed by atoms with van der Waals surface area (Å²) in [5.74, 6) is 0.799. The number of likely N-dealkylation sites (N-methyl/N-ethyl adjacent to an activating group) is 1. The Morgan fingerprint density at radius 3 is 2.38 bits per heavy atom. The van der Waals surface area contributed by atoms with Crippen LogP contribution in [0, 0.1) is 0 Å². The minimum absolute atomic E-state index is 0.00410. The van der Waals surface area contributed by atoms with E-state index < -0.39 is 10.0 Å². The third-order valence-electron chi connectivity index (χ3n) is 6.08. The number of carbonyl (C=O) groups excluding carboxylic acids is 1. The summed E-state index contributed by atoms with van der Waals surface area (Å²) in [6, 6.07) is 19.0. The van der Waals surface area contributed by atoms with Crippen molar-refractivity contribution in [3.05, 3.63) is 72.0 Å². The SMILES string of the molecule is C[C@H](c1cc2ccccc2o1)N(C)CC(=O)N1CCN(S(=O)(=O)Cc2ccccc2)CC1. The van der Waals surface area contributed by atoms with E-state index in [-0.39, 0.29) is 24.2 Å². The Morgan fingerprint density at radius 2 is 1.69 bits per heavy atom. The van der Waals surface area contributed by atoms with Crippen LogP contribution in [0.1, 0.15) is 24.3 Å². The molecular formula is C24H29N3O4S. The summed E-state index contributed by atoms with van der Waals surface area (Å²) < 4.78 is 32.9. The van der Waals surface area contributed by atoms with Gasteiger partial charge in [0.05, 0.1) is 18.3 Å². The largest absolute Gasteiger partial charge is 0.459 e. The number of piperazine rings is 1. The van der Waals surface area contributed by atoms with Crippen LogP contribution in [0.3, 0.4) is 0 Å². The summed E-state index contributed by atoms with van der Waals surface area (Å²) in [4.78, 5) is 16.6. The van der Waals surface area contributed by atoms with Crippen LogP contribution >= 0.6 is 0 Å². The number of carbonyl (C=O) groups is 1. The van der Waals surface area contributed by atoms with Crippen molar-refractivity contribution >= 4 is 26.9 Å². The lowest BCUT2D eigenvalue weighted by Crippen LogP contribution is -2.52. The van der Waals surface area contributed by atoms with E-state index in [9.17, 15) is 13.2 Å². The molecule has 1 aliphatic rings. The van der Waals surface area contributed by atoms with E-state index >= 15 is 0 Å². The van der Waals surface area contributed by atoms with E-state index in [0.29, 0.717) is 26.2 Å². The molecule has 2 heterocycles. The Hall–Kier alpha value is -2.68. The molecule has 1 saturated heterocycles. The Bertz CT molecular complexity index is 1140. The topological polar surface area (TPSA) is 74.1 Å². The minimum atomic E-state index is -3.40. The highest BCUT2D eigenvalue weighted by Gasteiger charge is 2.30. The van der Waals surface area contributed by atoms with Crippen LogP contribution in [0.15, 0.2) is 65.1 Å². The van der Waals surface area contributed by atoms with E-state index in [1.165, 1.54) is 4.31 Å². The number of sulfonamides is 1. The molecule has 0 saturated carbocycles. The van der Waals surface area contributed by atoms with Crippen LogP contribution in [0.25, 0.3) is 11.0 Å². The molecular weight excluding hydrogens is 426 g/mol. The molecule has 8 heteroatoms. The van der Waals surface area contributed by atoms with Crippen molar-refractivity contribution in [1.29, 1.82) is 0 Å². The van der Waals surface area contributed by atoms with Crippen LogP contribution in [-0.4, -0.2) is 68.2 Å². The number of amides is 1. The number of benzene rings is 2. The Labute approximate surface area is 189 Å². The molecule has 1 atom stereocenters. The maximum absolute atomic E-state index is 12.8. The summed E-state index contributed by atoms with van der Waals surface area (Å²) in [6.07, 6.45) is 0. The number of hydrogen-bond acceptors (Lipinski definition) is 5. The lowest BCUT2D eigenvalue weighted by molar-refractivity contribution is -0.133. The average molecular weight is 456 g/mol. The number of furan rings is 1. The standard InChI is InChI=1S/C24H29N3O4S/c1-19(23-16-21-10-6-7-11-22(21)31-23)25(2)17-24(28)26-12-14-27(15-13-26)32(29,30)18-20-8-4-3-5-9-20/h3-11,16,19H,12-15,17-18H2,1-2H3/t19-/m1/s1. The van der Waals surface area contributed by atoms with Crippen molar-refractivity contribution in [2.45, 2.75) is 18.7 Å². The molecule has 1 aromatic heterocycles. The van der Waals surface area contributed by atoms with Gasteiger partial charge in [-0.1, -0.05) is 48.5 Å². The van der Waals surface area contributed by atoms with E-state index in [1.54, 1.807) is 4.90 Å². The molecule has 0 radical (unpaired) electrons. The highest BCUT2D eigenvalue weighted by atomic mass is 32.2. The first kappa shape index (κ1) is 22.5. The maximum Gasteiger partial charge on any atom is 0.236 e. The fraction of sp³-hybridized carbons (Fsp3) is 0.375. The predicted molar refractivity (Wildman–Crippen MR) is 124 cm³/mol. The molecule has 7 nitrogen and oxygen atoms in total. The van der Waals surface area contributed by atoms with E-state index in [0.717, 1.165) is 22.3 Å². The van der Waals surface area contributed by atoms with Gasteiger partial charge >= 0.3 is 0 Å². The van der Waals surface area contributed by atoms with Crippen molar-refractivity contribution in [3.8, 4) is 0 Å². The van der Waals surface area contributed by atoms with Crippen molar-refractivity contribution < 1.29 is 17.6 Å². The summed E-state index contributed by atoms with van der Waals surface area (Å²) in [5.41, 5.74) is 1.61. The first-order valence-corrected chi connectivity index (χ1v) is 12.4. The van der Waals surface area contributed by atoms with Crippen molar-refractivity contribution in [1.82, 2.24) is 14.1 Å². The molecule has 0 unspecified atom stereocenters. The molecule has 1 fully saturated rings. The summed E-state index contributed by atoms with van der Waals surface area (Å²) in [5, 5.41) is 1.04. The summed E-state index contributed by atoms with van der Waals surface area (Å²) >= 11 is 0. The molecule has 0 N–H and O–H groups in total. The van der Waals surface area contributed by atoms with Gasteiger partial charge in [-0.15, -0.1) is 0 Å². The molecule has 0 bridgehead atoms. The van der Waals surface area contributed by atoms with Gasteiger partial charge in [-0.3, -0.25) is 9.69 Å². The number of rotatable bonds is 7. The molecule has 3 aromatic rings. The van der Waals surface area contributed by atoms with E-state index in [1.807, 2.05) is 79.5 Å². The Kier molecular flexibility index (Phi) is 6.64. The molecule has 170 valence electrons. The van der Waals surface area contributed by atoms with Gasteiger partial charge in [0.1, 0.15) is 11.3 Å². The first-order chi connectivity index (χ1) is 15.3. The van der Waals surface area contributed by atoms with Gasteiger partial charge in [0.15, 0.2) is 0 Å². The van der Waals surface area contributed by atoms with Crippen LogP contribution in [0.5, 0.6) is 0 Å². The highest BCUT2D eigenvalue weighted by Crippen LogP contribution is 2.26. The van der Waals surface area contributed by atoms with E-state index in [4.69, 9.17) is 4.42 Å². The fourth-order valence-electron chi connectivity index (χ4n) is 3.97. The molecule has 0 spiro atoms. The zero-order valence-electron chi connectivity index (χ0n) is 18.5. The summed E-state index contributed by atoms with van der Waals surface area (Å²) in [6.45, 7) is 3.71. The van der Waals surface area contributed by atoms with Gasteiger partial charge in [0.2, 0.25) is 15.9 Å². The maximum atomic E-state index is 12.8. The fourth-order valence-corrected chi connectivity index (χ4v) is 5.48. The van der Waals surface area contributed by atoms with Crippen molar-refractivity contribution in [3.63, 3.8) is 0 Å². The molecule has 1 aliphatic heterocycles. The second kappa shape index (κ2) is 9.44. The van der Waals surface area contributed by atoms with Gasteiger partial charge in [0, 0.05) is 31.6 Å². The number of fused-ring (bicyclic) bond motifs is 1. The molecule has 32 heavy (non-hydrogen) atoms. The minimum Gasteiger partial charge on any atom is -0.459 e. The highest BCUT2D eigenvalue weighted by molar-refractivity contribution is 7.88. The summed E-state index contributed by atoms with van der Waals surface area (Å²) in [7, 11) is -1.50. The number of nitrogens with zero attached hydrogens (tertiary/aromatic N) is 3. The van der Waals surface area contributed by atoms with Gasteiger partial charge in [-0.05, 0) is 31.7 Å². The van der Waals surface area contributed by atoms with Crippen LogP contribution in [0.2, 0.25) is 0 Å². The quantitative estimate of drug-likeness (QED) is 0.547. The van der Waals surface area contributed by atoms with E-state index in [2.05, 4.69) is 0 Å². The number of hydrogen-bond donors (Lipinski definition) is 0. The smallest absolute Gasteiger partial charge is 0.236 e. The van der Waals surface area contributed by atoms with Gasteiger partial charge in [-0.25, -0.2) is 8.42 Å². The lowest BCUT2D eigenvalue weighted by atomic mass is 10.2. The van der Waals surface area contributed by atoms with Crippen LogP contribution in [0.4, 0.5) is 0 Å². The second-order valence-corrected chi connectivity index (χ2v) is 10.3. The third-order valence-corrected chi connectivity index (χ3v) is 7.93. The predicted octanol–water partition coefficient (Wildman–Crippen LogP) is 3.10. The normalized spacial score (nSPS) is 16.5. The van der Waals surface area contributed by atoms with Crippen LogP contribution < -0.4 is 0 Å². The van der Waals surface area contributed by atoms with Gasteiger partial charge in [0.25, 0.3) is 0 Å². The van der Waals surface area contributed by atoms with Gasteiger partial charge < -0.3 is 9.32 Å². The molecule has 4 rings (SSSR count).